The van der Waals surface area contributed by atoms with Crippen LogP contribution < -0.4 is 20.7 Å². The SMILES string of the molecule is COc1ccc(Sc2cc(F)ccc2C2CCNCC2)cc1.Cc1ccc(Sc2ccc(C)cc2C2CCNCC2)cc1.Cc1ccc(Sc2ccc(F)cc2C)c(C2CCNCC2)c1. The zero-order valence-electron chi connectivity index (χ0n) is 38.7. The van der Waals surface area contributed by atoms with Crippen molar-refractivity contribution in [1.29, 1.82) is 0 Å². The third kappa shape index (κ3) is 14.5. The first-order chi connectivity index (χ1) is 31.6. The van der Waals surface area contributed by atoms with Gasteiger partial charge >= 0.3 is 0 Å². The van der Waals surface area contributed by atoms with Gasteiger partial charge in [-0.15, -0.1) is 0 Å². The van der Waals surface area contributed by atoms with E-state index in [9.17, 15) is 8.78 Å². The van der Waals surface area contributed by atoms with Gasteiger partial charge in [-0.25, -0.2) is 8.78 Å². The van der Waals surface area contributed by atoms with Crippen molar-refractivity contribution in [3.63, 3.8) is 0 Å². The van der Waals surface area contributed by atoms with E-state index in [-0.39, 0.29) is 11.6 Å². The Bertz CT molecular complexity index is 2430. The molecule has 3 saturated heterocycles. The van der Waals surface area contributed by atoms with Gasteiger partial charge in [0.15, 0.2) is 0 Å². The van der Waals surface area contributed by atoms with Crippen molar-refractivity contribution in [2.75, 3.05) is 46.4 Å². The van der Waals surface area contributed by atoms with E-state index < -0.39 is 0 Å². The first-order valence-electron chi connectivity index (χ1n) is 23.2. The lowest BCUT2D eigenvalue weighted by Gasteiger charge is -2.25. The molecule has 0 atom stereocenters. The van der Waals surface area contributed by atoms with Crippen LogP contribution in [0.25, 0.3) is 0 Å². The summed E-state index contributed by atoms with van der Waals surface area (Å²) in [4.78, 5) is 7.34. The highest BCUT2D eigenvalue weighted by Gasteiger charge is 2.22. The van der Waals surface area contributed by atoms with Gasteiger partial charge in [0.05, 0.1) is 7.11 Å². The summed E-state index contributed by atoms with van der Waals surface area (Å²) in [5.41, 5.74) is 9.27. The Morgan fingerprint density at radius 2 is 0.831 bits per heavy atom. The molecule has 6 aromatic rings. The third-order valence-electron chi connectivity index (χ3n) is 12.5. The van der Waals surface area contributed by atoms with Crippen LogP contribution in [0.4, 0.5) is 8.78 Å². The summed E-state index contributed by atoms with van der Waals surface area (Å²) >= 11 is 5.29. The van der Waals surface area contributed by atoms with Gasteiger partial charge in [0.1, 0.15) is 17.4 Å². The molecule has 0 bridgehead atoms. The Labute approximate surface area is 399 Å². The fourth-order valence-corrected chi connectivity index (χ4v) is 12.0. The van der Waals surface area contributed by atoms with Gasteiger partial charge in [-0.3, -0.25) is 0 Å². The van der Waals surface area contributed by atoms with Crippen molar-refractivity contribution in [3.05, 3.63) is 172 Å². The Morgan fingerprint density at radius 3 is 1.34 bits per heavy atom. The average molecular weight is 930 g/mol. The van der Waals surface area contributed by atoms with Crippen molar-refractivity contribution < 1.29 is 13.5 Å². The predicted octanol–water partition coefficient (Wildman–Crippen LogP) is 14.4. The van der Waals surface area contributed by atoms with Crippen molar-refractivity contribution in [1.82, 2.24) is 16.0 Å². The van der Waals surface area contributed by atoms with E-state index >= 15 is 0 Å². The molecule has 342 valence electrons. The lowest BCUT2D eigenvalue weighted by molar-refractivity contribution is 0.414. The van der Waals surface area contributed by atoms with Crippen LogP contribution in [0.5, 0.6) is 5.75 Å². The second kappa shape index (κ2) is 24.6. The van der Waals surface area contributed by atoms with Crippen LogP contribution in [-0.4, -0.2) is 46.4 Å². The molecule has 0 radical (unpaired) electrons. The minimum Gasteiger partial charge on any atom is -0.497 e. The molecule has 0 aromatic heterocycles. The average Bonchev–Trinajstić information content (AvgIpc) is 3.33. The van der Waals surface area contributed by atoms with Crippen molar-refractivity contribution >= 4 is 35.3 Å². The van der Waals surface area contributed by atoms with E-state index in [1.54, 1.807) is 60.5 Å². The van der Waals surface area contributed by atoms with E-state index in [0.29, 0.717) is 17.8 Å². The van der Waals surface area contributed by atoms with Crippen LogP contribution in [0, 0.1) is 39.3 Å². The summed E-state index contributed by atoms with van der Waals surface area (Å²) in [7, 11) is 1.66. The Morgan fingerprint density at radius 1 is 0.415 bits per heavy atom. The van der Waals surface area contributed by atoms with Crippen LogP contribution in [0.1, 0.15) is 95.2 Å². The Hall–Kier alpha value is -4.09. The lowest BCUT2D eigenvalue weighted by atomic mass is 9.89. The van der Waals surface area contributed by atoms with Crippen LogP contribution in [0.15, 0.2) is 151 Å². The first-order valence-corrected chi connectivity index (χ1v) is 25.7. The lowest BCUT2D eigenvalue weighted by Crippen LogP contribution is -2.26. The molecular weight excluding hydrogens is 865 g/mol. The number of halogens is 2. The van der Waals surface area contributed by atoms with E-state index in [4.69, 9.17) is 4.74 Å². The van der Waals surface area contributed by atoms with Gasteiger partial charge in [-0.05, 0) is 224 Å². The predicted molar refractivity (Wildman–Crippen MR) is 271 cm³/mol. The number of piperidine rings is 3. The minimum absolute atomic E-state index is 0.163. The van der Waals surface area contributed by atoms with E-state index in [2.05, 4.69) is 97.4 Å². The van der Waals surface area contributed by atoms with Crippen LogP contribution >= 0.6 is 35.3 Å². The van der Waals surface area contributed by atoms with E-state index in [1.165, 1.54) is 68.2 Å². The highest BCUT2D eigenvalue weighted by Crippen LogP contribution is 2.41. The van der Waals surface area contributed by atoms with Crippen molar-refractivity contribution in [2.45, 2.75) is 113 Å². The molecule has 3 N–H and O–H groups in total. The number of hydrogen-bond acceptors (Lipinski definition) is 7. The highest BCUT2D eigenvalue weighted by molar-refractivity contribution is 8.00. The molecule has 6 aromatic carbocycles. The molecule has 9 rings (SSSR count). The molecule has 0 spiro atoms. The van der Waals surface area contributed by atoms with Crippen LogP contribution in [0.3, 0.4) is 0 Å². The standard InChI is InChI=1S/C19H22FNS.C19H23NS.C18H20FNOS/c1-13-3-5-19(17(11-13)15-7-9-21-10-8-15)22-18-6-4-16(20)12-14(18)2;1-14-3-6-17(7-4-14)21-19-8-5-15(2)13-18(19)16-9-11-20-12-10-16;1-21-15-3-5-16(6-4-15)22-18-12-14(19)2-7-17(18)13-8-10-20-11-9-13/h3-6,11-12,15,21H,7-10H2,1-2H3;3-8,13,16,20H,9-12H2,1-2H3;2-7,12-13,20H,8-11H2,1H3. The van der Waals surface area contributed by atoms with Gasteiger partial charge < -0.3 is 20.7 Å². The molecular formula is C56H65F2N3OS3. The second-order valence-corrected chi connectivity index (χ2v) is 20.9. The summed E-state index contributed by atoms with van der Waals surface area (Å²) < 4.78 is 32.2. The van der Waals surface area contributed by atoms with Gasteiger partial charge in [0.2, 0.25) is 0 Å². The zero-order chi connectivity index (χ0) is 45.5. The van der Waals surface area contributed by atoms with Gasteiger partial charge in [0, 0.05) is 29.4 Å². The number of aryl methyl sites for hydroxylation is 4. The van der Waals surface area contributed by atoms with Gasteiger partial charge in [0.25, 0.3) is 0 Å². The maximum atomic E-state index is 13.7. The summed E-state index contributed by atoms with van der Waals surface area (Å²) in [6.45, 7) is 15.0. The molecule has 0 aliphatic carbocycles. The van der Waals surface area contributed by atoms with E-state index in [1.807, 2.05) is 55.1 Å². The topological polar surface area (TPSA) is 45.3 Å². The summed E-state index contributed by atoms with van der Waals surface area (Å²) in [5.74, 6) is 2.35. The van der Waals surface area contributed by atoms with Crippen LogP contribution in [-0.2, 0) is 0 Å². The van der Waals surface area contributed by atoms with Gasteiger partial charge in [-0.1, -0.05) is 94.4 Å². The number of nitrogens with one attached hydrogen (secondary N) is 3. The summed E-state index contributed by atoms with van der Waals surface area (Å²) in [6.07, 6.45) is 7.12. The van der Waals surface area contributed by atoms with Gasteiger partial charge in [-0.2, -0.15) is 0 Å². The summed E-state index contributed by atoms with van der Waals surface area (Å²) in [5, 5.41) is 10.3. The second-order valence-electron chi connectivity index (χ2n) is 17.5. The molecule has 0 amide bonds. The normalized spacial score (nSPS) is 15.9. The minimum atomic E-state index is -0.173. The van der Waals surface area contributed by atoms with Crippen molar-refractivity contribution in [3.8, 4) is 5.75 Å². The maximum absolute atomic E-state index is 13.7. The number of hydrogen-bond donors (Lipinski definition) is 3. The molecule has 4 nitrogen and oxygen atoms in total. The fourth-order valence-electron chi connectivity index (χ4n) is 8.84. The molecule has 3 fully saturated rings. The molecule has 9 heteroatoms. The molecule has 3 heterocycles. The molecule has 3 aliphatic heterocycles. The molecule has 65 heavy (non-hydrogen) atoms. The quantitative estimate of drug-likeness (QED) is 0.126. The Kier molecular flexibility index (Phi) is 18.5. The number of rotatable bonds is 10. The molecule has 0 unspecified atom stereocenters. The van der Waals surface area contributed by atoms with E-state index in [0.717, 1.165) is 78.1 Å². The molecule has 3 aliphatic rings. The number of ether oxygens (including phenoxy) is 1. The first kappa shape index (κ1) is 48.8. The van der Waals surface area contributed by atoms with Crippen molar-refractivity contribution in [2.24, 2.45) is 0 Å². The summed E-state index contributed by atoms with van der Waals surface area (Å²) in [6, 6.07) is 40.7. The zero-order valence-corrected chi connectivity index (χ0v) is 41.1. The van der Waals surface area contributed by atoms with Crippen LogP contribution in [0.2, 0.25) is 0 Å². The third-order valence-corrected chi connectivity index (χ3v) is 16.0. The number of methoxy groups -OCH3 is 1. The Balaban J connectivity index is 0.000000145. The largest absolute Gasteiger partial charge is 0.497 e. The highest BCUT2D eigenvalue weighted by atomic mass is 32.2. The number of benzene rings is 6. The molecule has 0 saturated carbocycles. The maximum Gasteiger partial charge on any atom is 0.124 e. The smallest absolute Gasteiger partial charge is 0.124 e. The monoisotopic (exact) mass is 929 g/mol. The fraction of sp³-hybridized carbons (Fsp3) is 0.357.